The molecule has 0 spiro atoms. The van der Waals surface area contributed by atoms with E-state index in [1.165, 1.54) is 6.92 Å². The van der Waals surface area contributed by atoms with Crippen molar-refractivity contribution >= 4 is 11.7 Å². The van der Waals surface area contributed by atoms with Gasteiger partial charge in [0.1, 0.15) is 5.60 Å². The van der Waals surface area contributed by atoms with Crippen LogP contribution in [-0.4, -0.2) is 70.5 Å². The van der Waals surface area contributed by atoms with Gasteiger partial charge in [0.05, 0.1) is 0 Å². The Labute approximate surface area is 255 Å². The number of benzene rings is 1. The number of amides is 1. The van der Waals surface area contributed by atoms with Crippen LogP contribution in [0.15, 0.2) is 47.1 Å². The quantitative estimate of drug-likeness (QED) is 0.387. The van der Waals surface area contributed by atoms with Crippen LogP contribution in [-0.2, 0) is 16.1 Å². The number of nitrogens with zero attached hydrogens (tertiary/aromatic N) is 2. The summed E-state index contributed by atoms with van der Waals surface area (Å²) in [6.07, 6.45) is -1.89. The van der Waals surface area contributed by atoms with Crippen LogP contribution < -0.4 is 0 Å². The van der Waals surface area contributed by atoms with Crippen molar-refractivity contribution in [3.05, 3.63) is 58.2 Å². The highest BCUT2D eigenvalue weighted by atomic mass is 19.4. The molecule has 10 heteroatoms. The highest BCUT2D eigenvalue weighted by Crippen LogP contribution is 2.68. The van der Waals surface area contributed by atoms with Crippen LogP contribution in [0.25, 0.3) is 0 Å². The lowest BCUT2D eigenvalue weighted by Crippen LogP contribution is -2.64. The van der Waals surface area contributed by atoms with Crippen LogP contribution in [0.2, 0.25) is 0 Å². The van der Waals surface area contributed by atoms with Gasteiger partial charge in [-0.25, -0.2) is 0 Å². The fourth-order valence-corrected chi connectivity index (χ4v) is 9.24. The van der Waals surface area contributed by atoms with Gasteiger partial charge in [-0.05, 0) is 85.1 Å². The highest BCUT2D eigenvalue weighted by Gasteiger charge is 2.78. The van der Waals surface area contributed by atoms with E-state index >= 15 is 0 Å². The number of carbonyl (C=O) groups is 2. The highest BCUT2D eigenvalue weighted by molar-refractivity contribution is 5.94. The predicted octanol–water partition coefficient (Wildman–Crippen LogP) is 6.57. The molecule has 1 saturated heterocycles. The molecule has 4 aliphatic carbocycles. The second kappa shape index (κ2) is 11.0. The summed E-state index contributed by atoms with van der Waals surface area (Å²) in [5.41, 5.74) is 0.499. The number of rotatable bonds is 4. The zero-order valence-electron chi connectivity index (χ0n) is 25.4. The number of allylic oxidation sites excluding steroid dienone is 4. The van der Waals surface area contributed by atoms with Crippen LogP contribution in [0.1, 0.15) is 82.3 Å². The van der Waals surface area contributed by atoms with Gasteiger partial charge in [0.25, 0.3) is 0 Å². The molecule has 2 unspecified atom stereocenters. The fraction of sp³-hybridized carbons (Fsp3) is 0.647. The van der Waals surface area contributed by atoms with Crippen LogP contribution in [0.5, 0.6) is 0 Å². The molecule has 6 rings (SSSR count). The molecule has 0 radical (unpaired) electrons. The molecule has 3 fully saturated rings. The Kier molecular flexibility index (Phi) is 7.88. The van der Waals surface area contributed by atoms with Gasteiger partial charge in [0.15, 0.2) is 5.78 Å². The average molecular weight is 621 g/mol. The van der Waals surface area contributed by atoms with Crippen LogP contribution in [0.4, 0.5) is 22.0 Å². The molecule has 1 aliphatic heterocycles. The normalized spacial score (nSPS) is 33.4. The van der Waals surface area contributed by atoms with Gasteiger partial charge >= 0.3 is 12.1 Å². The summed E-state index contributed by atoms with van der Waals surface area (Å²) in [4.78, 5) is 28.9. The van der Waals surface area contributed by atoms with Crippen molar-refractivity contribution in [2.75, 3.05) is 26.2 Å². The Morgan fingerprint density at radius 1 is 1.00 bits per heavy atom. The second-order valence-corrected chi connectivity index (χ2v) is 13.8. The molecule has 5 nitrogen and oxygen atoms in total. The first-order valence-electron chi connectivity index (χ1n) is 15.9. The Morgan fingerprint density at radius 2 is 1.73 bits per heavy atom. The maximum Gasteiger partial charge on any atom is 0.456 e. The van der Waals surface area contributed by atoms with Crippen molar-refractivity contribution in [2.45, 2.75) is 95.4 Å². The van der Waals surface area contributed by atoms with E-state index in [9.17, 15) is 36.6 Å². The van der Waals surface area contributed by atoms with Gasteiger partial charge in [0, 0.05) is 57.4 Å². The van der Waals surface area contributed by atoms with Crippen molar-refractivity contribution < 1.29 is 36.6 Å². The molecule has 2 saturated carbocycles. The average Bonchev–Trinajstić information content (AvgIpc) is 3.09. The number of hydrogen-bond donors (Lipinski definition) is 1. The summed E-state index contributed by atoms with van der Waals surface area (Å²) in [5, 5.41) is 11.1. The van der Waals surface area contributed by atoms with Crippen molar-refractivity contribution in [2.24, 2.45) is 17.3 Å². The van der Waals surface area contributed by atoms with Crippen LogP contribution >= 0.6 is 0 Å². The van der Waals surface area contributed by atoms with Gasteiger partial charge in [0.2, 0.25) is 5.91 Å². The Bertz CT molecular complexity index is 1390. The molecule has 5 atom stereocenters. The number of halogens is 5. The van der Waals surface area contributed by atoms with Crippen molar-refractivity contribution in [3.8, 4) is 0 Å². The zero-order valence-corrected chi connectivity index (χ0v) is 25.4. The zero-order chi connectivity index (χ0) is 31.7. The minimum Gasteiger partial charge on any atom is -0.383 e. The third-order valence-corrected chi connectivity index (χ3v) is 11.6. The number of fused-ring (bicyclic) bond motifs is 4. The second-order valence-electron chi connectivity index (χ2n) is 13.8. The first kappa shape index (κ1) is 31.4. The van der Waals surface area contributed by atoms with Gasteiger partial charge in [-0.2, -0.15) is 22.0 Å². The van der Waals surface area contributed by atoms with E-state index in [4.69, 9.17) is 0 Å². The van der Waals surface area contributed by atoms with Crippen molar-refractivity contribution in [3.63, 3.8) is 0 Å². The Morgan fingerprint density at radius 3 is 2.41 bits per heavy atom. The van der Waals surface area contributed by atoms with Crippen molar-refractivity contribution in [1.82, 2.24) is 9.80 Å². The summed E-state index contributed by atoms with van der Waals surface area (Å²) in [6.45, 7) is 6.95. The first-order valence-corrected chi connectivity index (χ1v) is 15.9. The SMILES string of the molecule is CC(=O)N1CCCN(Cc2ccc(C3CC(=O)C=C4CC[C@@H]5C(=C43)CC[C@@]3(C)[C@H]5CCC3(O)C(F)(F)C(F)(F)F)cc2)CC1. The Hall–Kier alpha value is -2.59. The minimum atomic E-state index is -5.83. The number of aliphatic hydroxyl groups is 1. The molecular formula is C34H41F5N2O3. The van der Waals surface area contributed by atoms with E-state index in [0.29, 0.717) is 32.2 Å². The molecule has 1 N–H and O–H groups in total. The molecule has 1 aromatic rings. The van der Waals surface area contributed by atoms with E-state index in [1.54, 1.807) is 13.0 Å². The predicted molar refractivity (Wildman–Crippen MR) is 155 cm³/mol. The monoisotopic (exact) mass is 620 g/mol. The summed E-state index contributed by atoms with van der Waals surface area (Å²) in [6, 6.07) is 8.26. The smallest absolute Gasteiger partial charge is 0.383 e. The lowest BCUT2D eigenvalue weighted by molar-refractivity contribution is -0.362. The molecular weight excluding hydrogens is 579 g/mol. The van der Waals surface area contributed by atoms with Gasteiger partial charge in [-0.3, -0.25) is 14.5 Å². The molecule has 44 heavy (non-hydrogen) atoms. The third-order valence-electron chi connectivity index (χ3n) is 11.6. The van der Waals surface area contributed by atoms with Crippen molar-refractivity contribution in [1.29, 1.82) is 0 Å². The molecule has 1 aromatic carbocycles. The molecule has 5 aliphatic rings. The number of carbonyl (C=O) groups excluding carboxylic acids is 2. The number of hydrogen-bond acceptors (Lipinski definition) is 4. The van der Waals surface area contributed by atoms with Gasteiger partial charge < -0.3 is 10.0 Å². The minimum absolute atomic E-state index is 0.0391. The number of ketones is 1. The number of alkyl halides is 5. The maximum absolute atomic E-state index is 14.9. The molecule has 240 valence electrons. The summed E-state index contributed by atoms with van der Waals surface area (Å²) >= 11 is 0. The third kappa shape index (κ3) is 4.95. The van der Waals surface area contributed by atoms with Crippen LogP contribution in [0, 0.1) is 17.3 Å². The van der Waals surface area contributed by atoms with E-state index < -0.39 is 35.5 Å². The summed E-state index contributed by atoms with van der Waals surface area (Å²) < 4.78 is 70.3. The largest absolute Gasteiger partial charge is 0.456 e. The molecule has 0 bridgehead atoms. The standard InChI is InChI=1S/C34H41F5N2O3/c1-21(42)41-15-3-14-40(16-17-41)20-22-4-6-23(7-5-22)28-19-25(43)18-24-8-9-26-27(30(24)28)10-12-31(2)29(26)11-13-32(31,44)33(35,36)34(37,38)39/h4-7,18,26,28-29,44H,3,8-17,19-20H2,1-2H3/t26-,28?,29+,31+,32?/m1/s1. The molecule has 0 aromatic heterocycles. The van der Waals surface area contributed by atoms with E-state index in [0.717, 1.165) is 60.4 Å². The summed E-state index contributed by atoms with van der Waals surface area (Å²) in [7, 11) is 0. The van der Waals surface area contributed by atoms with Gasteiger partial charge in [-0.1, -0.05) is 36.8 Å². The van der Waals surface area contributed by atoms with E-state index in [-0.39, 0.29) is 36.4 Å². The van der Waals surface area contributed by atoms with Crippen LogP contribution in [0.3, 0.4) is 0 Å². The van der Waals surface area contributed by atoms with Gasteiger partial charge in [-0.15, -0.1) is 0 Å². The van der Waals surface area contributed by atoms with E-state index in [2.05, 4.69) is 29.2 Å². The first-order chi connectivity index (χ1) is 20.7. The summed E-state index contributed by atoms with van der Waals surface area (Å²) in [5.74, 6) is -5.96. The fourth-order valence-electron chi connectivity index (χ4n) is 9.24. The van der Waals surface area contributed by atoms with E-state index in [1.807, 2.05) is 4.90 Å². The Balaban J connectivity index is 1.26. The molecule has 1 amide bonds. The molecule has 1 heterocycles. The lowest BCUT2D eigenvalue weighted by atomic mass is 9.53. The lowest BCUT2D eigenvalue weighted by Gasteiger charge is -2.53. The topological polar surface area (TPSA) is 60.9 Å². The maximum atomic E-state index is 14.9.